The Morgan fingerprint density at radius 1 is 0.933 bits per heavy atom. The van der Waals surface area contributed by atoms with Crippen molar-refractivity contribution in [2.45, 2.75) is 26.7 Å². The number of fused-ring (bicyclic) bond motifs is 1. The lowest BCUT2D eigenvalue weighted by Crippen LogP contribution is -2.51. The van der Waals surface area contributed by atoms with Crippen LogP contribution >= 0.6 is 0 Å². The molecule has 0 bridgehead atoms. The van der Waals surface area contributed by atoms with Crippen LogP contribution in [0.15, 0.2) is 24.3 Å². The molecule has 30 heavy (non-hydrogen) atoms. The zero-order valence-electron chi connectivity index (χ0n) is 17.8. The van der Waals surface area contributed by atoms with Crippen molar-refractivity contribution in [3.05, 3.63) is 35.4 Å². The highest BCUT2D eigenvalue weighted by Crippen LogP contribution is 2.22. The number of nitrogens with zero attached hydrogens (tertiary/aromatic N) is 4. The molecule has 4 amide bonds. The third-order valence-electron chi connectivity index (χ3n) is 5.85. The highest BCUT2D eigenvalue weighted by Gasteiger charge is 2.34. The Morgan fingerprint density at radius 2 is 1.50 bits per heavy atom. The smallest absolute Gasteiger partial charge is 0.261 e. The number of hydrogen-bond donors (Lipinski definition) is 0. The molecule has 0 aliphatic carbocycles. The fourth-order valence-corrected chi connectivity index (χ4v) is 4.01. The number of hydrogen-bond acceptors (Lipinski definition) is 5. The average molecular weight is 415 g/mol. The summed E-state index contributed by atoms with van der Waals surface area (Å²) in [5.74, 6) is -0.411. The first-order valence-electron chi connectivity index (χ1n) is 10.7. The molecule has 0 unspecified atom stereocenters. The Kier molecular flexibility index (Phi) is 7.20. The predicted octanol–water partition coefficient (Wildman–Crippen LogP) is 1.08. The molecular weight excluding hydrogens is 384 g/mol. The molecule has 2 aliphatic heterocycles. The number of imide groups is 1. The molecule has 8 heteroatoms. The fourth-order valence-electron chi connectivity index (χ4n) is 4.01. The van der Waals surface area contributed by atoms with E-state index in [0.29, 0.717) is 69.8 Å². The maximum Gasteiger partial charge on any atom is 0.261 e. The lowest BCUT2D eigenvalue weighted by atomic mass is 10.1. The number of amides is 4. The summed E-state index contributed by atoms with van der Waals surface area (Å²) in [5, 5.41) is 0. The molecule has 3 rings (SSSR count). The van der Waals surface area contributed by atoms with E-state index in [4.69, 9.17) is 0 Å². The van der Waals surface area contributed by atoms with Crippen LogP contribution in [0.5, 0.6) is 0 Å². The van der Waals surface area contributed by atoms with Crippen LogP contribution in [0, 0.1) is 0 Å². The van der Waals surface area contributed by atoms with E-state index in [1.54, 1.807) is 29.2 Å². The zero-order valence-corrected chi connectivity index (χ0v) is 17.8. The maximum absolute atomic E-state index is 12.5. The highest BCUT2D eigenvalue weighted by molar-refractivity contribution is 6.21. The van der Waals surface area contributed by atoms with E-state index in [-0.39, 0.29) is 30.2 Å². The van der Waals surface area contributed by atoms with Gasteiger partial charge in [-0.15, -0.1) is 0 Å². The number of piperazine rings is 1. The summed E-state index contributed by atoms with van der Waals surface area (Å²) < 4.78 is 0. The Hall–Kier alpha value is -2.74. The summed E-state index contributed by atoms with van der Waals surface area (Å²) >= 11 is 0. The first kappa shape index (κ1) is 22.0. The molecule has 2 aliphatic rings. The van der Waals surface area contributed by atoms with Crippen LogP contribution in [0.4, 0.5) is 0 Å². The maximum atomic E-state index is 12.5. The number of likely N-dealkylation sites (N-methyl/N-ethyl adjacent to an activating group) is 1. The topological polar surface area (TPSA) is 81.2 Å². The van der Waals surface area contributed by atoms with Crippen LogP contribution in [0.3, 0.4) is 0 Å². The molecule has 0 spiro atoms. The number of benzene rings is 1. The van der Waals surface area contributed by atoms with Gasteiger partial charge in [0.15, 0.2) is 0 Å². The van der Waals surface area contributed by atoms with Gasteiger partial charge < -0.3 is 9.80 Å². The lowest BCUT2D eigenvalue weighted by Gasteiger charge is -2.35. The third-order valence-corrected chi connectivity index (χ3v) is 5.85. The number of carbonyl (C=O) groups is 4. The second kappa shape index (κ2) is 9.84. The van der Waals surface area contributed by atoms with Crippen LogP contribution in [0.2, 0.25) is 0 Å². The first-order valence-corrected chi connectivity index (χ1v) is 10.7. The molecule has 0 saturated carbocycles. The molecule has 0 N–H and O–H groups in total. The van der Waals surface area contributed by atoms with Gasteiger partial charge in [0, 0.05) is 52.2 Å². The van der Waals surface area contributed by atoms with Crippen molar-refractivity contribution in [2.75, 3.05) is 52.4 Å². The van der Waals surface area contributed by atoms with Gasteiger partial charge in [0.2, 0.25) is 11.8 Å². The van der Waals surface area contributed by atoms with E-state index in [0.717, 1.165) is 0 Å². The summed E-state index contributed by atoms with van der Waals surface area (Å²) in [4.78, 5) is 56.4. The van der Waals surface area contributed by atoms with Crippen LogP contribution < -0.4 is 0 Å². The highest BCUT2D eigenvalue weighted by atomic mass is 16.2. The van der Waals surface area contributed by atoms with Crippen LogP contribution in [-0.2, 0) is 9.59 Å². The minimum atomic E-state index is -0.283. The standard InChI is InChI=1S/C22H30N4O4/c1-3-24(4-2)20(28)16-23-12-14-25(15-13-23)19(27)10-7-11-26-21(29)17-8-5-6-9-18(17)22(26)30/h5-6,8-9H,3-4,7,10-16H2,1-2H3. The number of rotatable bonds is 8. The molecule has 0 aromatic heterocycles. The zero-order chi connectivity index (χ0) is 21.7. The molecule has 1 aromatic rings. The van der Waals surface area contributed by atoms with Crippen molar-refractivity contribution >= 4 is 23.6 Å². The largest absolute Gasteiger partial charge is 0.342 e. The van der Waals surface area contributed by atoms with Gasteiger partial charge in [-0.25, -0.2) is 0 Å². The van der Waals surface area contributed by atoms with Crippen LogP contribution in [0.1, 0.15) is 47.4 Å². The predicted molar refractivity (Wildman–Crippen MR) is 112 cm³/mol. The van der Waals surface area contributed by atoms with Gasteiger partial charge in [-0.05, 0) is 32.4 Å². The molecule has 0 radical (unpaired) electrons. The fraction of sp³-hybridized carbons (Fsp3) is 0.545. The molecule has 2 heterocycles. The minimum absolute atomic E-state index is 0.0290. The van der Waals surface area contributed by atoms with Gasteiger partial charge in [-0.3, -0.25) is 29.0 Å². The first-order chi connectivity index (χ1) is 14.5. The Balaban J connectivity index is 1.40. The van der Waals surface area contributed by atoms with E-state index >= 15 is 0 Å². The molecule has 1 fully saturated rings. The van der Waals surface area contributed by atoms with Gasteiger partial charge >= 0.3 is 0 Å². The Labute approximate surface area is 177 Å². The molecule has 162 valence electrons. The van der Waals surface area contributed by atoms with Gasteiger partial charge in [0.25, 0.3) is 11.8 Å². The van der Waals surface area contributed by atoms with Crippen LogP contribution in [-0.4, -0.2) is 95.6 Å². The minimum Gasteiger partial charge on any atom is -0.342 e. The molecule has 8 nitrogen and oxygen atoms in total. The lowest BCUT2D eigenvalue weighted by molar-refractivity contribution is -0.135. The van der Waals surface area contributed by atoms with Crippen molar-refractivity contribution in [3.8, 4) is 0 Å². The number of carbonyl (C=O) groups excluding carboxylic acids is 4. The van der Waals surface area contributed by atoms with Crippen molar-refractivity contribution in [3.63, 3.8) is 0 Å². The third kappa shape index (κ3) is 4.70. The van der Waals surface area contributed by atoms with Crippen LogP contribution in [0.25, 0.3) is 0 Å². The second-order valence-electron chi connectivity index (χ2n) is 7.63. The summed E-state index contributed by atoms with van der Waals surface area (Å²) in [6.07, 6.45) is 0.747. The normalized spacial score (nSPS) is 16.7. The van der Waals surface area contributed by atoms with Crippen molar-refractivity contribution < 1.29 is 19.2 Å². The SMILES string of the molecule is CCN(CC)C(=O)CN1CCN(C(=O)CCCN2C(=O)c3ccccc3C2=O)CC1. The van der Waals surface area contributed by atoms with E-state index in [9.17, 15) is 19.2 Å². The van der Waals surface area contributed by atoms with Crippen molar-refractivity contribution in [2.24, 2.45) is 0 Å². The summed E-state index contributed by atoms with van der Waals surface area (Å²) in [5.41, 5.74) is 0.869. The monoisotopic (exact) mass is 414 g/mol. The van der Waals surface area contributed by atoms with E-state index in [1.165, 1.54) is 4.90 Å². The van der Waals surface area contributed by atoms with Crippen molar-refractivity contribution in [1.29, 1.82) is 0 Å². The summed E-state index contributed by atoms with van der Waals surface area (Å²) in [7, 11) is 0. The quantitative estimate of drug-likeness (QED) is 0.595. The van der Waals surface area contributed by atoms with Gasteiger partial charge in [0.1, 0.15) is 0 Å². The molecule has 1 saturated heterocycles. The van der Waals surface area contributed by atoms with E-state index in [2.05, 4.69) is 4.90 Å². The van der Waals surface area contributed by atoms with Gasteiger partial charge in [-0.1, -0.05) is 12.1 Å². The van der Waals surface area contributed by atoms with E-state index < -0.39 is 0 Å². The van der Waals surface area contributed by atoms with E-state index in [1.807, 2.05) is 18.7 Å². The van der Waals surface area contributed by atoms with Gasteiger partial charge in [-0.2, -0.15) is 0 Å². The summed E-state index contributed by atoms with van der Waals surface area (Å²) in [6, 6.07) is 6.80. The Bertz CT molecular complexity index is 778. The molecule has 1 aromatic carbocycles. The Morgan fingerprint density at radius 3 is 2.03 bits per heavy atom. The van der Waals surface area contributed by atoms with Crippen molar-refractivity contribution in [1.82, 2.24) is 19.6 Å². The van der Waals surface area contributed by atoms with Gasteiger partial charge in [0.05, 0.1) is 17.7 Å². The summed E-state index contributed by atoms with van der Waals surface area (Å²) in [6.45, 7) is 8.55. The molecular formula is C22H30N4O4. The molecule has 0 atom stereocenters. The second-order valence-corrected chi connectivity index (χ2v) is 7.63. The average Bonchev–Trinajstić information content (AvgIpc) is 3.00.